The van der Waals surface area contributed by atoms with Crippen molar-refractivity contribution in [2.75, 3.05) is 0 Å². The molecule has 0 unspecified atom stereocenters. The highest BCUT2D eigenvalue weighted by atomic mass is 32.1. The second kappa shape index (κ2) is 12.3. The third-order valence-electron chi connectivity index (χ3n) is 12.4. The van der Waals surface area contributed by atoms with Gasteiger partial charge in [-0.3, -0.25) is 0 Å². The second-order valence-corrected chi connectivity index (χ2v) is 17.6. The van der Waals surface area contributed by atoms with Gasteiger partial charge < -0.3 is 0 Å². The molecule has 0 N–H and O–H groups in total. The lowest BCUT2D eigenvalue weighted by Gasteiger charge is -2.19. The van der Waals surface area contributed by atoms with E-state index in [9.17, 15) is 0 Å². The van der Waals surface area contributed by atoms with E-state index in [1.165, 1.54) is 128 Å². The minimum absolute atomic E-state index is 1.24. The van der Waals surface area contributed by atoms with Crippen LogP contribution >= 0.6 is 22.7 Å². The van der Waals surface area contributed by atoms with Crippen molar-refractivity contribution >= 4 is 117 Å². The van der Waals surface area contributed by atoms with Gasteiger partial charge in [0.15, 0.2) is 0 Å². The lowest BCUT2D eigenvalue weighted by atomic mass is 9.84. The van der Waals surface area contributed by atoms with Crippen LogP contribution in [0.1, 0.15) is 0 Å². The number of fused-ring (bicyclic) bond motifs is 13. The third-order valence-corrected chi connectivity index (χ3v) is 14.8. The van der Waals surface area contributed by atoms with Crippen LogP contribution in [0.3, 0.4) is 0 Å². The molecule has 58 heavy (non-hydrogen) atoms. The topological polar surface area (TPSA) is 0 Å². The van der Waals surface area contributed by atoms with Crippen molar-refractivity contribution in [1.29, 1.82) is 0 Å². The van der Waals surface area contributed by atoms with E-state index in [1.807, 2.05) is 22.7 Å². The van der Waals surface area contributed by atoms with Gasteiger partial charge in [-0.15, -0.1) is 22.7 Å². The predicted octanol–water partition coefficient (Wildman–Crippen LogP) is 17.2. The van der Waals surface area contributed by atoms with E-state index in [2.05, 4.69) is 194 Å². The molecule has 0 atom stereocenters. The van der Waals surface area contributed by atoms with Crippen LogP contribution in [0.2, 0.25) is 0 Å². The standard InChI is InChI=1S/C56H32S2/c1-3-13-40-33(10-1)12-9-19-42(40)53-45-17-7-5-15-43(45)52(44-16-6-8-18-46(44)53)39-23-22-35-30-36(20-21-37(35)31-39)38-25-27-49-51(32-38)57-50-29-28-48-47-26-24-34-11-2-4-14-41(34)55(47)58-56(48)54(49)50/h1-32H. The zero-order valence-corrected chi connectivity index (χ0v) is 32.9. The van der Waals surface area contributed by atoms with E-state index >= 15 is 0 Å². The first-order valence-corrected chi connectivity index (χ1v) is 21.5. The SMILES string of the molecule is c1ccc2c(-c3c4ccccc4c(-c4ccc5cc(-c6ccc7c(c6)sc6ccc8c9ccc%10ccccc%10c9sc8c67)ccc5c4)c4ccccc34)cccc2c1. The van der Waals surface area contributed by atoms with Crippen LogP contribution in [0.25, 0.3) is 128 Å². The highest BCUT2D eigenvalue weighted by molar-refractivity contribution is 7.30. The Bertz CT molecular complexity index is 3800. The Morgan fingerprint density at radius 2 is 0.776 bits per heavy atom. The summed E-state index contributed by atoms with van der Waals surface area (Å²) in [6, 6.07) is 72.5. The molecule has 0 aliphatic heterocycles. The van der Waals surface area contributed by atoms with Crippen molar-refractivity contribution in [2.24, 2.45) is 0 Å². The van der Waals surface area contributed by atoms with Crippen LogP contribution in [0.15, 0.2) is 194 Å². The highest BCUT2D eigenvalue weighted by Crippen LogP contribution is 2.48. The number of hydrogen-bond donors (Lipinski definition) is 0. The van der Waals surface area contributed by atoms with Gasteiger partial charge in [0.25, 0.3) is 0 Å². The van der Waals surface area contributed by atoms with Crippen LogP contribution in [0.4, 0.5) is 0 Å². The zero-order chi connectivity index (χ0) is 37.9. The molecule has 0 aliphatic rings. The maximum atomic E-state index is 2.40. The molecule has 2 heterocycles. The van der Waals surface area contributed by atoms with E-state index in [0.717, 1.165) is 0 Å². The Kier molecular flexibility index (Phi) is 6.86. The Morgan fingerprint density at radius 3 is 1.53 bits per heavy atom. The molecule has 13 aromatic rings. The van der Waals surface area contributed by atoms with Gasteiger partial charge in [-0.25, -0.2) is 0 Å². The van der Waals surface area contributed by atoms with Crippen LogP contribution < -0.4 is 0 Å². The molecule has 0 radical (unpaired) electrons. The smallest absolute Gasteiger partial charge is 0.0448 e. The van der Waals surface area contributed by atoms with Crippen LogP contribution in [0.5, 0.6) is 0 Å². The number of benzene rings is 11. The summed E-state index contributed by atoms with van der Waals surface area (Å²) in [5, 5.41) is 18.3. The Hall–Kier alpha value is -6.84. The number of rotatable bonds is 3. The van der Waals surface area contributed by atoms with Gasteiger partial charge in [0.05, 0.1) is 0 Å². The second-order valence-electron chi connectivity index (χ2n) is 15.5. The summed E-state index contributed by atoms with van der Waals surface area (Å²) in [5.41, 5.74) is 7.60. The molecular weight excluding hydrogens is 737 g/mol. The Morgan fingerprint density at radius 1 is 0.259 bits per heavy atom. The summed E-state index contributed by atoms with van der Waals surface area (Å²) in [5.74, 6) is 0. The molecule has 0 nitrogen and oxygen atoms in total. The van der Waals surface area contributed by atoms with Gasteiger partial charge in [-0.1, -0.05) is 170 Å². The zero-order valence-electron chi connectivity index (χ0n) is 31.3. The van der Waals surface area contributed by atoms with E-state index in [0.29, 0.717) is 0 Å². The quantitative estimate of drug-likeness (QED) is 0.157. The fourth-order valence-electron chi connectivity index (χ4n) is 9.76. The molecule has 0 aliphatic carbocycles. The molecule has 0 amide bonds. The molecule has 268 valence electrons. The van der Waals surface area contributed by atoms with E-state index in [4.69, 9.17) is 0 Å². The van der Waals surface area contributed by atoms with Gasteiger partial charge in [-0.05, 0) is 112 Å². The lowest BCUT2D eigenvalue weighted by molar-refractivity contribution is 1.67. The van der Waals surface area contributed by atoms with Crippen molar-refractivity contribution in [3.63, 3.8) is 0 Å². The summed E-state index contributed by atoms with van der Waals surface area (Å²) in [4.78, 5) is 0. The maximum Gasteiger partial charge on any atom is 0.0448 e. The summed E-state index contributed by atoms with van der Waals surface area (Å²) in [6.45, 7) is 0. The van der Waals surface area contributed by atoms with Crippen molar-refractivity contribution in [1.82, 2.24) is 0 Å². The van der Waals surface area contributed by atoms with E-state index in [-0.39, 0.29) is 0 Å². The highest BCUT2D eigenvalue weighted by Gasteiger charge is 2.19. The Balaban J connectivity index is 0.933. The summed E-state index contributed by atoms with van der Waals surface area (Å²) < 4.78 is 5.47. The molecule has 13 rings (SSSR count). The van der Waals surface area contributed by atoms with Crippen molar-refractivity contribution in [2.45, 2.75) is 0 Å². The number of hydrogen-bond acceptors (Lipinski definition) is 2. The molecule has 0 spiro atoms. The fraction of sp³-hybridized carbons (Fsp3) is 0. The average Bonchev–Trinajstić information content (AvgIpc) is 3.86. The van der Waals surface area contributed by atoms with Gasteiger partial charge in [0.2, 0.25) is 0 Å². The van der Waals surface area contributed by atoms with Crippen LogP contribution in [-0.4, -0.2) is 0 Å². The van der Waals surface area contributed by atoms with Crippen LogP contribution in [-0.2, 0) is 0 Å². The minimum atomic E-state index is 1.24. The lowest BCUT2D eigenvalue weighted by Crippen LogP contribution is -1.91. The summed E-state index contributed by atoms with van der Waals surface area (Å²) in [6.07, 6.45) is 0. The molecule has 0 saturated heterocycles. The van der Waals surface area contributed by atoms with E-state index < -0.39 is 0 Å². The first-order valence-electron chi connectivity index (χ1n) is 19.9. The van der Waals surface area contributed by atoms with E-state index in [1.54, 1.807) is 0 Å². The molecule has 0 saturated carbocycles. The van der Waals surface area contributed by atoms with Crippen molar-refractivity contribution in [3.05, 3.63) is 194 Å². The summed E-state index contributed by atoms with van der Waals surface area (Å²) >= 11 is 3.86. The normalized spacial score (nSPS) is 12.1. The number of thiophene rings is 2. The molecule has 0 bridgehead atoms. The first-order chi connectivity index (χ1) is 28.7. The van der Waals surface area contributed by atoms with Gasteiger partial charge in [-0.2, -0.15) is 0 Å². The van der Waals surface area contributed by atoms with Gasteiger partial charge in [0.1, 0.15) is 0 Å². The van der Waals surface area contributed by atoms with Crippen LogP contribution in [0, 0.1) is 0 Å². The average molecular weight is 769 g/mol. The summed E-state index contributed by atoms with van der Waals surface area (Å²) in [7, 11) is 0. The third kappa shape index (κ3) is 4.68. The largest absolute Gasteiger partial charge is 0.135 e. The molecule has 2 heteroatoms. The molecule has 0 fully saturated rings. The molecular formula is C56H32S2. The van der Waals surface area contributed by atoms with Gasteiger partial charge in [0, 0.05) is 40.3 Å². The molecule has 2 aromatic heterocycles. The maximum absolute atomic E-state index is 2.40. The minimum Gasteiger partial charge on any atom is -0.135 e. The monoisotopic (exact) mass is 768 g/mol. The predicted molar refractivity (Wildman–Crippen MR) is 256 cm³/mol. The van der Waals surface area contributed by atoms with Crippen molar-refractivity contribution < 1.29 is 0 Å². The Labute approximate surface area is 342 Å². The molecule has 11 aromatic carbocycles. The van der Waals surface area contributed by atoms with Crippen molar-refractivity contribution in [3.8, 4) is 33.4 Å². The van der Waals surface area contributed by atoms with Gasteiger partial charge >= 0.3 is 0 Å². The fourth-order valence-corrected chi connectivity index (χ4v) is 12.4. The first kappa shape index (κ1) is 32.3.